The Morgan fingerprint density at radius 1 is 1.22 bits per heavy atom. The van der Waals surface area contributed by atoms with Crippen molar-refractivity contribution in [1.82, 2.24) is 14.9 Å². The van der Waals surface area contributed by atoms with Crippen molar-refractivity contribution in [2.24, 2.45) is 0 Å². The fraction of sp³-hybridized carbons (Fsp3) is 0.500. The molecule has 2 aromatic rings. The molecule has 7 nitrogen and oxygen atoms in total. The molecule has 0 aliphatic carbocycles. The lowest BCUT2D eigenvalue weighted by atomic mass is 9.93. The Morgan fingerprint density at radius 2 is 1.94 bits per heavy atom. The van der Waals surface area contributed by atoms with Gasteiger partial charge < -0.3 is 10.0 Å². The number of rotatable bonds is 4. The Balaban J connectivity index is 1.58. The van der Waals surface area contributed by atoms with Crippen LogP contribution in [0.1, 0.15) is 61.7 Å². The number of hydrogen-bond donors (Lipinski definition) is 1. The molecule has 0 bridgehead atoms. The molecule has 2 aliphatic heterocycles. The SMILES string of the molecule is Cc1nc(C2CCN(C(=O)C(C)(C)O)CC2)nc2c1CCC(=O)N2Cc1cccc(F)c1. The number of aryl methyl sites for hydroxylation is 1. The van der Waals surface area contributed by atoms with E-state index in [2.05, 4.69) is 0 Å². The van der Waals surface area contributed by atoms with Crippen LogP contribution in [0.4, 0.5) is 10.2 Å². The van der Waals surface area contributed by atoms with Crippen LogP contribution in [0.3, 0.4) is 0 Å². The topological polar surface area (TPSA) is 86.6 Å². The third-order valence-corrected chi connectivity index (χ3v) is 6.26. The molecule has 8 heteroatoms. The number of aliphatic hydroxyl groups is 1. The highest BCUT2D eigenvalue weighted by Gasteiger charge is 2.34. The first kappa shape index (κ1) is 22.3. The van der Waals surface area contributed by atoms with Crippen molar-refractivity contribution in [2.75, 3.05) is 18.0 Å². The summed E-state index contributed by atoms with van der Waals surface area (Å²) in [7, 11) is 0. The molecular formula is C24H29FN4O3. The summed E-state index contributed by atoms with van der Waals surface area (Å²) < 4.78 is 13.7. The maximum absolute atomic E-state index is 13.7. The molecule has 2 aliphatic rings. The van der Waals surface area contributed by atoms with Gasteiger partial charge in [-0.1, -0.05) is 12.1 Å². The van der Waals surface area contributed by atoms with Crippen LogP contribution in [-0.2, 0) is 22.6 Å². The quantitative estimate of drug-likeness (QED) is 0.790. The molecule has 0 saturated carbocycles. The van der Waals surface area contributed by atoms with E-state index in [0.29, 0.717) is 56.0 Å². The van der Waals surface area contributed by atoms with Crippen LogP contribution < -0.4 is 4.90 Å². The van der Waals surface area contributed by atoms with Crippen molar-refractivity contribution in [3.63, 3.8) is 0 Å². The van der Waals surface area contributed by atoms with Gasteiger partial charge in [0.05, 0.1) is 6.54 Å². The van der Waals surface area contributed by atoms with E-state index in [4.69, 9.17) is 9.97 Å². The standard InChI is InChI=1S/C24H29FN4O3/c1-15-19-7-8-20(30)29(14-16-5-4-6-18(25)13-16)22(19)27-21(26-15)17-9-11-28(12-10-17)23(31)24(2,3)32/h4-6,13,17,32H,7-12,14H2,1-3H3. The number of halogens is 1. The van der Waals surface area contributed by atoms with E-state index >= 15 is 0 Å². The Hall–Kier alpha value is -2.87. The van der Waals surface area contributed by atoms with E-state index in [1.165, 1.54) is 26.0 Å². The van der Waals surface area contributed by atoms with Gasteiger partial charge in [0.15, 0.2) is 0 Å². The summed E-state index contributed by atoms with van der Waals surface area (Å²) in [4.78, 5) is 38.0. The van der Waals surface area contributed by atoms with E-state index in [-0.39, 0.29) is 30.1 Å². The molecule has 1 fully saturated rings. The predicted molar refractivity (Wildman–Crippen MR) is 118 cm³/mol. The number of carbonyl (C=O) groups excluding carboxylic acids is 2. The van der Waals surface area contributed by atoms with E-state index in [1.807, 2.05) is 6.92 Å². The number of fused-ring (bicyclic) bond motifs is 1. The minimum absolute atomic E-state index is 0.0311. The Labute approximate surface area is 187 Å². The molecular weight excluding hydrogens is 411 g/mol. The minimum Gasteiger partial charge on any atom is -0.381 e. The zero-order valence-corrected chi connectivity index (χ0v) is 18.8. The van der Waals surface area contributed by atoms with E-state index in [1.54, 1.807) is 21.9 Å². The molecule has 0 spiro atoms. The molecule has 170 valence electrons. The largest absolute Gasteiger partial charge is 0.381 e. The van der Waals surface area contributed by atoms with E-state index in [0.717, 1.165) is 11.3 Å². The molecule has 1 N–H and O–H groups in total. The Kier molecular flexibility index (Phi) is 5.99. The number of hydrogen-bond acceptors (Lipinski definition) is 5. The maximum atomic E-state index is 13.7. The third kappa shape index (κ3) is 4.50. The number of carbonyl (C=O) groups is 2. The van der Waals surface area contributed by atoms with Crippen molar-refractivity contribution in [3.8, 4) is 0 Å². The second-order valence-electron chi connectivity index (χ2n) is 9.20. The minimum atomic E-state index is -1.39. The fourth-order valence-corrected chi connectivity index (χ4v) is 4.49. The molecule has 1 aromatic carbocycles. The van der Waals surface area contributed by atoms with Crippen LogP contribution in [0.15, 0.2) is 24.3 Å². The summed E-state index contributed by atoms with van der Waals surface area (Å²) in [6.45, 7) is 6.26. The van der Waals surface area contributed by atoms with Crippen molar-refractivity contribution in [3.05, 3.63) is 52.7 Å². The number of amides is 2. The number of nitrogens with zero attached hydrogens (tertiary/aromatic N) is 4. The highest BCUT2D eigenvalue weighted by molar-refractivity contribution is 5.95. The van der Waals surface area contributed by atoms with Crippen LogP contribution in [0.25, 0.3) is 0 Å². The van der Waals surface area contributed by atoms with Crippen molar-refractivity contribution < 1.29 is 19.1 Å². The van der Waals surface area contributed by atoms with Gasteiger partial charge in [0.1, 0.15) is 23.1 Å². The lowest BCUT2D eigenvalue weighted by Gasteiger charge is -2.35. The molecule has 0 atom stereocenters. The predicted octanol–water partition coefficient (Wildman–Crippen LogP) is 2.88. The number of benzene rings is 1. The molecule has 1 saturated heterocycles. The van der Waals surface area contributed by atoms with Gasteiger partial charge in [0.25, 0.3) is 5.91 Å². The molecule has 3 heterocycles. The highest BCUT2D eigenvalue weighted by Crippen LogP contribution is 2.33. The highest BCUT2D eigenvalue weighted by atomic mass is 19.1. The summed E-state index contributed by atoms with van der Waals surface area (Å²) in [6.07, 6.45) is 2.36. The molecule has 2 amide bonds. The summed E-state index contributed by atoms with van der Waals surface area (Å²) >= 11 is 0. The van der Waals surface area contributed by atoms with Crippen molar-refractivity contribution >= 4 is 17.6 Å². The zero-order valence-electron chi connectivity index (χ0n) is 18.8. The molecule has 0 radical (unpaired) electrons. The lowest BCUT2D eigenvalue weighted by molar-refractivity contribution is -0.149. The van der Waals surface area contributed by atoms with Gasteiger partial charge in [-0.3, -0.25) is 14.5 Å². The normalized spacial score (nSPS) is 17.5. The summed E-state index contributed by atoms with van der Waals surface area (Å²) in [6, 6.07) is 6.26. The molecule has 32 heavy (non-hydrogen) atoms. The van der Waals surface area contributed by atoms with Crippen LogP contribution in [0.2, 0.25) is 0 Å². The van der Waals surface area contributed by atoms with Gasteiger partial charge in [0.2, 0.25) is 5.91 Å². The van der Waals surface area contributed by atoms with Gasteiger partial charge in [-0.25, -0.2) is 14.4 Å². The zero-order chi connectivity index (χ0) is 23.0. The lowest BCUT2D eigenvalue weighted by Crippen LogP contribution is -2.48. The second kappa shape index (κ2) is 8.58. The van der Waals surface area contributed by atoms with Crippen LogP contribution in [0, 0.1) is 12.7 Å². The van der Waals surface area contributed by atoms with Gasteiger partial charge in [0, 0.05) is 36.7 Å². The number of piperidine rings is 1. The van der Waals surface area contributed by atoms with Gasteiger partial charge in [-0.2, -0.15) is 0 Å². The summed E-state index contributed by atoms with van der Waals surface area (Å²) in [5.41, 5.74) is 1.14. The fourth-order valence-electron chi connectivity index (χ4n) is 4.49. The van der Waals surface area contributed by atoms with Gasteiger partial charge in [-0.05, 0) is 57.7 Å². The monoisotopic (exact) mass is 440 g/mol. The first-order valence-electron chi connectivity index (χ1n) is 11.1. The van der Waals surface area contributed by atoms with E-state index < -0.39 is 5.60 Å². The smallest absolute Gasteiger partial charge is 0.253 e. The molecule has 1 aromatic heterocycles. The van der Waals surface area contributed by atoms with Crippen LogP contribution in [0.5, 0.6) is 0 Å². The summed E-state index contributed by atoms with van der Waals surface area (Å²) in [5, 5.41) is 10.0. The second-order valence-corrected chi connectivity index (χ2v) is 9.20. The first-order chi connectivity index (χ1) is 15.1. The van der Waals surface area contributed by atoms with Crippen LogP contribution in [-0.4, -0.2) is 50.5 Å². The molecule has 4 rings (SSSR count). The maximum Gasteiger partial charge on any atom is 0.253 e. The van der Waals surface area contributed by atoms with Crippen LogP contribution >= 0.6 is 0 Å². The number of likely N-dealkylation sites (tertiary alicyclic amines) is 1. The third-order valence-electron chi connectivity index (χ3n) is 6.26. The summed E-state index contributed by atoms with van der Waals surface area (Å²) in [5.74, 6) is 0.720. The first-order valence-corrected chi connectivity index (χ1v) is 11.1. The number of aromatic nitrogens is 2. The van der Waals surface area contributed by atoms with Crippen molar-refractivity contribution in [1.29, 1.82) is 0 Å². The average Bonchev–Trinajstić information content (AvgIpc) is 2.74. The Morgan fingerprint density at radius 3 is 2.59 bits per heavy atom. The van der Waals surface area contributed by atoms with Crippen molar-refractivity contribution in [2.45, 2.75) is 64.5 Å². The van der Waals surface area contributed by atoms with Gasteiger partial charge in [-0.15, -0.1) is 0 Å². The molecule has 0 unspecified atom stereocenters. The average molecular weight is 441 g/mol. The number of anilines is 1. The Bertz CT molecular complexity index is 1040. The van der Waals surface area contributed by atoms with Gasteiger partial charge >= 0.3 is 0 Å². The van der Waals surface area contributed by atoms with E-state index in [9.17, 15) is 19.1 Å².